The Bertz CT molecular complexity index is 951. The van der Waals surface area contributed by atoms with Crippen LogP contribution in [0, 0.1) is 5.82 Å². The van der Waals surface area contributed by atoms with Crippen molar-refractivity contribution in [3.8, 4) is 5.88 Å². The fourth-order valence-corrected chi connectivity index (χ4v) is 4.85. The molecule has 1 atom stereocenters. The van der Waals surface area contributed by atoms with Crippen molar-refractivity contribution in [2.45, 2.75) is 19.4 Å². The number of aromatic nitrogens is 3. The Morgan fingerprint density at radius 2 is 2.04 bits per heavy atom. The van der Waals surface area contributed by atoms with Crippen molar-refractivity contribution in [1.29, 1.82) is 0 Å². The van der Waals surface area contributed by atoms with E-state index in [-0.39, 0.29) is 24.3 Å². The summed E-state index contributed by atoms with van der Waals surface area (Å²) in [4.78, 5) is 10.3. The topological polar surface area (TPSA) is 77.1 Å². The Balaban J connectivity index is 1.71. The largest absolute Gasteiger partial charge is 0.492 e. The Labute approximate surface area is 166 Å². The first-order valence-electron chi connectivity index (χ1n) is 9.50. The van der Waals surface area contributed by atoms with Gasteiger partial charge in [-0.15, -0.1) is 5.10 Å². The van der Waals surface area contributed by atoms with E-state index in [2.05, 4.69) is 19.9 Å². The van der Waals surface area contributed by atoms with Gasteiger partial charge in [-0.1, -0.05) is 30.4 Å². The molecule has 1 fully saturated rings. The summed E-state index contributed by atoms with van der Waals surface area (Å²) >= 11 is 1.40. The number of rotatable bonds is 6. The maximum absolute atomic E-state index is 14.0. The summed E-state index contributed by atoms with van der Waals surface area (Å²) in [5.74, 6) is 0.459. The van der Waals surface area contributed by atoms with Crippen LogP contribution in [0.3, 0.4) is 0 Å². The van der Waals surface area contributed by atoms with Gasteiger partial charge in [-0.05, 0) is 17.7 Å². The van der Waals surface area contributed by atoms with E-state index in [9.17, 15) is 14.6 Å². The Kier molecular flexibility index (Phi) is 5.58. The molecule has 150 valence electrons. The standard InChI is InChI=1S/C19H24FN5O2S/c1-2-15-21-19-25(22-15)18(27)17(28-19)16(13-4-3-5-14(20)12-13)24-8-6-23(7-9-24)10-11-26/h3-5,12,16,26-27H,2,6-11H2,1H3/t16-/m1/s1. The lowest BCUT2D eigenvalue weighted by Gasteiger charge is -2.39. The molecule has 0 unspecified atom stereocenters. The summed E-state index contributed by atoms with van der Waals surface area (Å²) in [5, 5.41) is 24.4. The van der Waals surface area contributed by atoms with Crippen LogP contribution in [0.15, 0.2) is 24.3 Å². The third kappa shape index (κ3) is 3.62. The zero-order valence-electron chi connectivity index (χ0n) is 15.8. The molecule has 28 heavy (non-hydrogen) atoms. The molecular weight excluding hydrogens is 381 g/mol. The third-order valence-corrected chi connectivity index (χ3v) is 6.23. The summed E-state index contributed by atoms with van der Waals surface area (Å²) in [6.45, 7) is 5.91. The second-order valence-corrected chi connectivity index (χ2v) is 7.93. The van der Waals surface area contributed by atoms with E-state index in [0.29, 0.717) is 23.8 Å². The number of aliphatic hydroxyl groups is 1. The van der Waals surface area contributed by atoms with E-state index in [1.54, 1.807) is 6.07 Å². The number of halogens is 1. The molecule has 4 rings (SSSR count). The highest BCUT2D eigenvalue weighted by atomic mass is 32.1. The second-order valence-electron chi connectivity index (χ2n) is 6.92. The number of aromatic hydroxyl groups is 1. The van der Waals surface area contributed by atoms with Crippen LogP contribution in [0.1, 0.15) is 29.2 Å². The summed E-state index contributed by atoms with van der Waals surface area (Å²) in [6, 6.07) is 6.27. The zero-order valence-corrected chi connectivity index (χ0v) is 16.6. The number of thiazole rings is 1. The van der Waals surface area contributed by atoms with Crippen molar-refractivity contribution in [3.63, 3.8) is 0 Å². The molecule has 0 bridgehead atoms. The van der Waals surface area contributed by atoms with Gasteiger partial charge < -0.3 is 10.2 Å². The normalized spacial score (nSPS) is 17.4. The highest BCUT2D eigenvalue weighted by Crippen LogP contribution is 2.40. The van der Waals surface area contributed by atoms with Gasteiger partial charge in [0.1, 0.15) is 5.82 Å². The van der Waals surface area contributed by atoms with E-state index in [0.717, 1.165) is 36.6 Å². The summed E-state index contributed by atoms with van der Waals surface area (Å²) in [5.41, 5.74) is 0.797. The van der Waals surface area contributed by atoms with E-state index in [1.807, 2.05) is 13.0 Å². The quantitative estimate of drug-likeness (QED) is 0.652. The first kappa shape index (κ1) is 19.3. The van der Waals surface area contributed by atoms with Crippen LogP contribution in [0.25, 0.3) is 4.96 Å². The van der Waals surface area contributed by atoms with E-state index >= 15 is 0 Å². The van der Waals surface area contributed by atoms with Crippen molar-refractivity contribution in [1.82, 2.24) is 24.4 Å². The van der Waals surface area contributed by atoms with Gasteiger partial charge >= 0.3 is 0 Å². The van der Waals surface area contributed by atoms with Crippen LogP contribution >= 0.6 is 11.3 Å². The minimum Gasteiger partial charge on any atom is -0.492 e. The number of β-amino-alcohol motifs (C(OH)–C–C–N with tert-alkyl or cyclic N) is 1. The smallest absolute Gasteiger partial charge is 0.230 e. The lowest BCUT2D eigenvalue weighted by molar-refractivity contribution is 0.0944. The van der Waals surface area contributed by atoms with Gasteiger partial charge in [0.25, 0.3) is 0 Å². The summed E-state index contributed by atoms with van der Waals surface area (Å²) < 4.78 is 15.5. The third-order valence-electron chi connectivity index (χ3n) is 5.16. The maximum Gasteiger partial charge on any atom is 0.230 e. The molecule has 0 spiro atoms. The van der Waals surface area contributed by atoms with E-state index in [1.165, 1.54) is 28.0 Å². The molecule has 3 heterocycles. The van der Waals surface area contributed by atoms with Gasteiger partial charge in [0.15, 0.2) is 5.82 Å². The molecule has 0 amide bonds. The first-order valence-corrected chi connectivity index (χ1v) is 10.3. The van der Waals surface area contributed by atoms with Crippen molar-refractivity contribution in [2.24, 2.45) is 0 Å². The molecule has 0 saturated carbocycles. The van der Waals surface area contributed by atoms with Gasteiger partial charge in [0, 0.05) is 39.1 Å². The molecule has 7 nitrogen and oxygen atoms in total. The molecule has 2 N–H and O–H groups in total. The Hall–Kier alpha value is -2.07. The molecule has 9 heteroatoms. The summed E-state index contributed by atoms with van der Waals surface area (Å²) in [6.07, 6.45) is 0.698. The number of aliphatic hydroxyl groups excluding tert-OH is 1. The lowest BCUT2D eigenvalue weighted by atomic mass is 10.0. The lowest BCUT2D eigenvalue weighted by Crippen LogP contribution is -2.48. The number of piperazine rings is 1. The van der Waals surface area contributed by atoms with Crippen LogP contribution < -0.4 is 0 Å². The number of aryl methyl sites for hydroxylation is 1. The van der Waals surface area contributed by atoms with Crippen molar-refractivity contribution < 1.29 is 14.6 Å². The summed E-state index contributed by atoms with van der Waals surface area (Å²) in [7, 11) is 0. The van der Waals surface area contributed by atoms with Crippen LogP contribution in [-0.2, 0) is 6.42 Å². The fraction of sp³-hybridized carbons (Fsp3) is 0.474. The van der Waals surface area contributed by atoms with Crippen molar-refractivity contribution in [2.75, 3.05) is 39.3 Å². The second kappa shape index (κ2) is 8.12. The Morgan fingerprint density at radius 1 is 1.25 bits per heavy atom. The molecule has 1 saturated heterocycles. The first-order chi connectivity index (χ1) is 13.6. The molecule has 0 radical (unpaired) electrons. The van der Waals surface area contributed by atoms with Gasteiger partial charge in [-0.2, -0.15) is 4.52 Å². The van der Waals surface area contributed by atoms with Crippen molar-refractivity contribution >= 4 is 16.3 Å². The highest BCUT2D eigenvalue weighted by Gasteiger charge is 2.31. The molecule has 1 aromatic carbocycles. The minimum atomic E-state index is -0.298. The monoisotopic (exact) mass is 405 g/mol. The highest BCUT2D eigenvalue weighted by molar-refractivity contribution is 7.17. The van der Waals surface area contributed by atoms with Gasteiger partial charge in [-0.25, -0.2) is 9.37 Å². The molecule has 1 aliphatic rings. The predicted octanol–water partition coefficient (Wildman–Crippen LogP) is 1.90. The zero-order chi connectivity index (χ0) is 19.7. The number of nitrogens with zero attached hydrogens (tertiary/aromatic N) is 5. The van der Waals surface area contributed by atoms with Crippen LogP contribution in [0.5, 0.6) is 5.88 Å². The number of hydrogen-bond donors (Lipinski definition) is 2. The van der Waals surface area contributed by atoms with E-state index < -0.39 is 0 Å². The molecule has 3 aromatic rings. The van der Waals surface area contributed by atoms with Crippen molar-refractivity contribution in [3.05, 3.63) is 46.3 Å². The predicted molar refractivity (Wildman–Crippen MR) is 105 cm³/mol. The fourth-order valence-electron chi connectivity index (χ4n) is 3.71. The van der Waals surface area contributed by atoms with Gasteiger partial charge in [-0.3, -0.25) is 9.80 Å². The average Bonchev–Trinajstić information content (AvgIpc) is 3.23. The molecule has 0 aliphatic carbocycles. The molecule has 2 aromatic heterocycles. The number of fused-ring (bicyclic) bond motifs is 1. The van der Waals surface area contributed by atoms with Crippen LogP contribution in [0.2, 0.25) is 0 Å². The van der Waals surface area contributed by atoms with E-state index in [4.69, 9.17) is 0 Å². The van der Waals surface area contributed by atoms with Gasteiger partial charge in [0.2, 0.25) is 10.8 Å². The SMILES string of the molecule is CCc1nc2sc([C@@H](c3cccc(F)c3)N3CCN(CCO)CC3)c(O)n2n1. The van der Waals surface area contributed by atoms with Crippen LogP contribution in [-0.4, -0.2) is 73.9 Å². The minimum absolute atomic E-state index is 0.0687. The van der Waals surface area contributed by atoms with Gasteiger partial charge in [0.05, 0.1) is 17.5 Å². The van der Waals surface area contributed by atoms with Crippen LogP contribution in [0.4, 0.5) is 4.39 Å². The Morgan fingerprint density at radius 3 is 2.68 bits per heavy atom. The average molecular weight is 405 g/mol. The maximum atomic E-state index is 14.0. The molecular formula is C19H24FN5O2S. The number of benzene rings is 1. The number of hydrogen-bond acceptors (Lipinski definition) is 7. The molecule has 1 aliphatic heterocycles.